The fourth-order valence-electron chi connectivity index (χ4n) is 3.49. The average Bonchev–Trinajstić information content (AvgIpc) is 2.80. The number of ether oxygens (including phenoxy) is 1. The van der Waals surface area contributed by atoms with Crippen molar-refractivity contribution in [1.29, 1.82) is 0 Å². The number of halogens is 2. The van der Waals surface area contributed by atoms with E-state index in [9.17, 15) is 14.4 Å². The Morgan fingerprint density at radius 3 is 2.41 bits per heavy atom. The summed E-state index contributed by atoms with van der Waals surface area (Å²) in [6.45, 7) is 3.99. The number of rotatable bonds is 5. The van der Waals surface area contributed by atoms with Crippen LogP contribution in [-0.2, 0) is 16.2 Å². The van der Waals surface area contributed by atoms with Gasteiger partial charge in [0.05, 0.1) is 10.7 Å². The minimum Gasteiger partial charge on any atom is -0.487 e. The predicted octanol–water partition coefficient (Wildman–Crippen LogP) is 5.86. The molecule has 1 fully saturated rings. The third kappa shape index (κ3) is 4.83. The fraction of sp³-hybridized carbons (Fsp3) is 0.115. The lowest BCUT2D eigenvalue weighted by Gasteiger charge is -2.28. The number of benzene rings is 3. The maximum atomic E-state index is 13.2. The van der Waals surface area contributed by atoms with Gasteiger partial charge in [-0.2, -0.15) is 0 Å². The van der Waals surface area contributed by atoms with Crippen molar-refractivity contribution in [3.8, 4) is 5.75 Å². The first-order chi connectivity index (χ1) is 16.2. The Hall–Kier alpha value is -3.61. The van der Waals surface area contributed by atoms with Crippen LogP contribution in [0.3, 0.4) is 0 Å². The molecule has 0 bridgehead atoms. The quantitative estimate of drug-likeness (QED) is 0.356. The van der Waals surface area contributed by atoms with E-state index < -0.39 is 17.8 Å². The molecule has 1 aliphatic rings. The number of imide groups is 2. The van der Waals surface area contributed by atoms with Crippen molar-refractivity contribution in [1.82, 2.24) is 5.32 Å². The van der Waals surface area contributed by atoms with Gasteiger partial charge in [-0.3, -0.25) is 14.9 Å². The molecule has 0 radical (unpaired) electrons. The van der Waals surface area contributed by atoms with Crippen molar-refractivity contribution < 1.29 is 19.1 Å². The molecule has 0 spiro atoms. The molecule has 1 heterocycles. The van der Waals surface area contributed by atoms with Gasteiger partial charge in [-0.25, -0.2) is 9.69 Å². The molecule has 3 aromatic carbocycles. The topological polar surface area (TPSA) is 75.7 Å². The van der Waals surface area contributed by atoms with Crippen LogP contribution in [0.1, 0.15) is 22.3 Å². The van der Waals surface area contributed by atoms with Crippen molar-refractivity contribution in [2.75, 3.05) is 4.90 Å². The summed E-state index contributed by atoms with van der Waals surface area (Å²) in [6, 6.07) is 16.7. The summed E-state index contributed by atoms with van der Waals surface area (Å²) in [7, 11) is 0. The summed E-state index contributed by atoms with van der Waals surface area (Å²) >= 11 is 12.3. The standard InChI is InChI=1S/C26H20Cl2N2O4/c1-15-4-3-5-22(16(15)2)30-25(32)20(24(31)29-26(30)33)12-18-8-11-23(21(28)13-18)34-14-17-6-9-19(27)10-7-17/h3-13H,14H2,1-2H3,(H,29,31,33)/b20-12+. The van der Waals surface area contributed by atoms with E-state index in [1.165, 1.54) is 6.08 Å². The van der Waals surface area contributed by atoms with E-state index in [1.807, 2.05) is 32.0 Å². The number of aryl methyl sites for hydroxylation is 1. The van der Waals surface area contributed by atoms with Gasteiger partial charge >= 0.3 is 6.03 Å². The Morgan fingerprint density at radius 2 is 1.71 bits per heavy atom. The predicted molar refractivity (Wildman–Crippen MR) is 132 cm³/mol. The van der Waals surface area contributed by atoms with E-state index in [4.69, 9.17) is 27.9 Å². The number of nitrogens with one attached hydrogen (secondary N) is 1. The van der Waals surface area contributed by atoms with Crippen molar-refractivity contribution >= 4 is 52.8 Å². The molecule has 0 unspecified atom stereocenters. The van der Waals surface area contributed by atoms with Crippen LogP contribution in [0.2, 0.25) is 10.0 Å². The molecule has 1 saturated heterocycles. The number of carbonyl (C=O) groups is 3. The van der Waals surface area contributed by atoms with Crippen molar-refractivity contribution in [2.45, 2.75) is 20.5 Å². The molecule has 4 amide bonds. The van der Waals surface area contributed by atoms with Gasteiger partial charge in [0.15, 0.2) is 0 Å². The maximum Gasteiger partial charge on any atom is 0.335 e. The van der Waals surface area contributed by atoms with E-state index >= 15 is 0 Å². The lowest BCUT2D eigenvalue weighted by molar-refractivity contribution is -0.122. The summed E-state index contributed by atoms with van der Waals surface area (Å²) in [6.07, 6.45) is 1.40. The van der Waals surface area contributed by atoms with Crippen LogP contribution in [0.15, 0.2) is 66.2 Å². The molecular weight excluding hydrogens is 475 g/mol. The van der Waals surface area contributed by atoms with Gasteiger partial charge in [0, 0.05) is 5.02 Å². The Kier molecular flexibility index (Phi) is 6.72. The second-order valence-corrected chi connectivity index (χ2v) is 8.63. The van der Waals surface area contributed by atoms with Crippen molar-refractivity contribution in [3.05, 3.63) is 98.5 Å². The van der Waals surface area contributed by atoms with E-state index in [0.717, 1.165) is 21.6 Å². The van der Waals surface area contributed by atoms with E-state index in [1.54, 1.807) is 42.5 Å². The number of amides is 4. The normalized spacial score (nSPS) is 15.0. The van der Waals surface area contributed by atoms with E-state index in [2.05, 4.69) is 5.32 Å². The van der Waals surface area contributed by atoms with Gasteiger partial charge in [-0.1, -0.05) is 53.5 Å². The molecule has 0 saturated carbocycles. The number of carbonyl (C=O) groups excluding carboxylic acids is 3. The fourth-order valence-corrected chi connectivity index (χ4v) is 3.86. The van der Waals surface area contributed by atoms with Gasteiger partial charge in [0.2, 0.25) is 0 Å². The lowest BCUT2D eigenvalue weighted by Crippen LogP contribution is -2.54. The number of anilines is 1. The average molecular weight is 495 g/mol. The second kappa shape index (κ2) is 9.71. The molecule has 0 aromatic heterocycles. The van der Waals surface area contributed by atoms with Gasteiger partial charge in [0.25, 0.3) is 11.8 Å². The molecule has 1 aliphatic heterocycles. The van der Waals surface area contributed by atoms with Crippen molar-refractivity contribution in [2.24, 2.45) is 0 Å². The van der Waals surface area contributed by atoms with Gasteiger partial charge in [0.1, 0.15) is 17.9 Å². The number of barbiturate groups is 1. The molecule has 6 nitrogen and oxygen atoms in total. The first-order valence-corrected chi connectivity index (χ1v) is 11.1. The van der Waals surface area contributed by atoms with Crippen LogP contribution in [0.25, 0.3) is 6.08 Å². The van der Waals surface area contributed by atoms with Crippen LogP contribution in [0, 0.1) is 13.8 Å². The zero-order valence-corrected chi connectivity index (χ0v) is 19.9. The minimum absolute atomic E-state index is 0.175. The Balaban J connectivity index is 1.58. The van der Waals surface area contributed by atoms with Crippen LogP contribution in [0.4, 0.5) is 10.5 Å². The van der Waals surface area contributed by atoms with Crippen LogP contribution in [0.5, 0.6) is 5.75 Å². The Morgan fingerprint density at radius 1 is 0.971 bits per heavy atom. The van der Waals surface area contributed by atoms with E-state index in [0.29, 0.717) is 33.7 Å². The molecule has 0 aliphatic carbocycles. The number of nitrogens with zero attached hydrogens (tertiary/aromatic N) is 1. The lowest BCUT2D eigenvalue weighted by atomic mass is 10.0. The summed E-state index contributed by atoms with van der Waals surface area (Å²) in [5, 5.41) is 3.19. The number of hydrogen-bond donors (Lipinski definition) is 1. The first kappa shape index (κ1) is 23.5. The summed E-state index contributed by atoms with van der Waals surface area (Å²) in [4.78, 5) is 39.1. The van der Waals surface area contributed by atoms with Crippen LogP contribution < -0.4 is 15.0 Å². The zero-order valence-electron chi connectivity index (χ0n) is 18.4. The second-order valence-electron chi connectivity index (χ2n) is 7.78. The number of hydrogen-bond acceptors (Lipinski definition) is 4. The highest BCUT2D eigenvalue weighted by Gasteiger charge is 2.37. The molecule has 0 atom stereocenters. The molecule has 172 valence electrons. The maximum absolute atomic E-state index is 13.2. The van der Waals surface area contributed by atoms with Gasteiger partial charge in [-0.05, 0) is 72.5 Å². The molecular formula is C26H20Cl2N2O4. The third-order valence-electron chi connectivity index (χ3n) is 5.49. The SMILES string of the molecule is Cc1cccc(N2C(=O)NC(=O)/C(=C\c3ccc(OCc4ccc(Cl)cc4)c(Cl)c3)C2=O)c1C. The Bertz CT molecular complexity index is 1330. The molecule has 34 heavy (non-hydrogen) atoms. The largest absolute Gasteiger partial charge is 0.487 e. The summed E-state index contributed by atoms with van der Waals surface area (Å²) < 4.78 is 5.77. The highest BCUT2D eigenvalue weighted by atomic mass is 35.5. The highest BCUT2D eigenvalue weighted by Crippen LogP contribution is 2.30. The summed E-state index contributed by atoms with van der Waals surface area (Å²) in [5.74, 6) is -1.03. The van der Waals surface area contributed by atoms with Gasteiger partial charge in [-0.15, -0.1) is 0 Å². The monoisotopic (exact) mass is 494 g/mol. The third-order valence-corrected chi connectivity index (χ3v) is 6.04. The van der Waals surface area contributed by atoms with Crippen molar-refractivity contribution in [3.63, 3.8) is 0 Å². The van der Waals surface area contributed by atoms with E-state index in [-0.39, 0.29) is 5.57 Å². The van der Waals surface area contributed by atoms with Gasteiger partial charge < -0.3 is 4.74 Å². The smallest absolute Gasteiger partial charge is 0.335 e. The molecule has 3 aromatic rings. The molecule has 1 N–H and O–H groups in total. The Labute approximate surface area is 206 Å². The van der Waals surface area contributed by atoms with Crippen LogP contribution >= 0.6 is 23.2 Å². The minimum atomic E-state index is -0.787. The number of urea groups is 1. The highest BCUT2D eigenvalue weighted by molar-refractivity contribution is 6.39. The summed E-state index contributed by atoms with van der Waals surface area (Å²) in [5.41, 5.74) is 3.37. The van der Waals surface area contributed by atoms with Crippen LogP contribution in [-0.4, -0.2) is 17.8 Å². The first-order valence-electron chi connectivity index (χ1n) is 10.4. The zero-order chi connectivity index (χ0) is 24.4. The molecule has 8 heteroatoms. The molecule has 4 rings (SSSR count).